The quantitative estimate of drug-likeness (QED) is 0.700. The summed E-state index contributed by atoms with van der Waals surface area (Å²) in [7, 11) is -3.84. The molecule has 2 N–H and O–H groups in total. The molecule has 0 heterocycles. The van der Waals surface area contributed by atoms with E-state index in [0.717, 1.165) is 12.8 Å². The normalized spacial score (nSPS) is 30.6. The molecule has 23 heavy (non-hydrogen) atoms. The predicted molar refractivity (Wildman–Crippen MR) is 86.4 cm³/mol. The molecule has 0 aromatic rings. The number of fused-ring (bicyclic) bond motifs is 2. The zero-order chi connectivity index (χ0) is 17.5. The minimum absolute atomic E-state index is 0.0181. The maximum atomic E-state index is 12.6. The van der Waals surface area contributed by atoms with E-state index in [1.54, 1.807) is 0 Å². The van der Waals surface area contributed by atoms with Gasteiger partial charge in [0, 0.05) is 11.8 Å². The molecule has 2 aliphatic carbocycles. The van der Waals surface area contributed by atoms with Crippen LogP contribution in [0.3, 0.4) is 0 Å². The van der Waals surface area contributed by atoms with Crippen molar-refractivity contribution < 1.29 is 23.1 Å². The van der Waals surface area contributed by atoms with E-state index < -0.39 is 27.4 Å². The standard InChI is InChI=1S/C16H27NO5S/c1-4-5-6-12(14(19)20)17-23(21,22)10-16-8-7-11(9-13(16)18)15(16,2)3/h11-12,17H,4-10H2,1-3H3,(H,19,20)/t11?,12-,16?/m0/s1. The molecule has 0 aromatic carbocycles. The summed E-state index contributed by atoms with van der Waals surface area (Å²) in [5, 5.41) is 9.21. The first-order valence-corrected chi connectivity index (χ1v) is 9.97. The van der Waals surface area contributed by atoms with Gasteiger partial charge in [-0.2, -0.15) is 0 Å². The number of carbonyl (C=O) groups is 2. The molecular weight excluding hydrogens is 318 g/mol. The first kappa shape index (κ1) is 18.4. The number of aliphatic carboxylic acids is 1. The Kier molecular flexibility index (Phi) is 4.93. The largest absolute Gasteiger partial charge is 0.480 e. The number of rotatable bonds is 8. The van der Waals surface area contributed by atoms with Gasteiger partial charge in [0.1, 0.15) is 11.8 Å². The monoisotopic (exact) mass is 345 g/mol. The fourth-order valence-electron chi connectivity index (χ4n) is 4.33. The van der Waals surface area contributed by atoms with Gasteiger partial charge < -0.3 is 5.11 Å². The molecule has 0 saturated heterocycles. The van der Waals surface area contributed by atoms with E-state index in [1.165, 1.54) is 0 Å². The molecule has 0 aliphatic heterocycles. The maximum absolute atomic E-state index is 12.6. The van der Waals surface area contributed by atoms with E-state index in [4.69, 9.17) is 0 Å². The third-order valence-electron chi connectivity index (χ3n) is 6.04. The second-order valence-electron chi connectivity index (χ2n) is 7.58. The van der Waals surface area contributed by atoms with Crippen LogP contribution in [0, 0.1) is 16.7 Å². The lowest BCUT2D eigenvalue weighted by Crippen LogP contribution is -2.49. The van der Waals surface area contributed by atoms with Crippen LogP contribution >= 0.6 is 0 Å². The Morgan fingerprint density at radius 3 is 2.52 bits per heavy atom. The number of hydrogen-bond acceptors (Lipinski definition) is 4. The minimum atomic E-state index is -3.84. The molecule has 2 fully saturated rings. The number of carbonyl (C=O) groups excluding carboxylic acids is 1. The molecule has 2 aliphatic rings. The molecule has 2 unspecified atom stereocenters. The Labute approximate surface area is 138 Å². The summed E-state index contributed by atoms with van der Waals surface area (Å²) in [5.41, 5.74) is -1.21. The van der Waals surface area contributed by atoms with Crippen LogP contribution in [0.2, 0.25) is 0 Å². The van der Waals surface area contributed by atoms with E-state index in [2.05, 4.69) is 4.72 Å². The van der Waals surface area contributed by atoms with Crippen LogP contribution in [0.4, 0.5) is 0 Å². The molecule has 0 aromatic heterocycles. The lowest BCUT2D eigenvalue weighted by molar-refractivity contribution is -0.139. The highest BCUT2D eigenvalue weighted by Crippen LogP contribution is 2.64. The van der Waals surface area contributed by atoms with Crippen molar-refractivity contribution in [1.29, 1.82) is 0 Å². The van der Waals surface area contributed by atoms with E-state index >= 15 is 0 Å². The Bertz CT molecular complexity index is 598. The van der Waals surface area contributed by atoms with E-state index in [0.29, 0.717) is 19.3 Å². The molecule has 3 atom stereocenters. The summed E-state index contributed by atoms with van der Waals surface area (Å²) in [5.74, 6) is -1.20. The van der Waals surface area contributed by atoms with E-state index in [-0.39, 0.29) is 29.3 Å². The van der Waals surface area contributed by atoms with Crippen molar-refractivity contribution in [3.8, 4) is 0 Å². The van der Waals surface area contributed by atoms with Crippen molar-refractivity contribution in [2.45, 2.75) is 65.3 Å². The van der Waals surface area contributed by atoms with Gasteiger partial charge in [-0.3, -0.25) is 9.59 Å². The molecule has 2 bridgehead atoms. The number of unbranched alkanes of at least 4 members (excludes halogenated alkanes) is 1. The summed E-state index contributed by atoms with van der Waals surface area (Å²) in [6.45, 7) is 5.86. The zero-order valence-electron chi connectivity index (χ0n) is 14.1. The van der Waals surface area contributed by atoms with Crippen molar-refractivity contribution in [3.05, 3.63) is 0 Å². The van der Waals surface area contributed by atoms with Gasteiger partial charge in [-0.05, 0) is 30.6 Å². The lowest BCUT2D eigenvalue weighted by atomic mass is 9.70. The summed E-state index contributed by atoms with van der Waals surface area (Å²) >= 11 is 0. The first-order valence-electron chi connectivity index (χ1n) is 8.32. The van der Waals surface area contributed by atoms with Gasteiger partial charge in [-0.15, -0.1) is 0 Å². The number of sulfonamides is 1. The summed E-state index contributed by atoms with van der Waals surface area (Å²) < 4.78 is 27.4. The van der Waals surface area contributed by atoms with Crippen molar-refractivity contribution in [1.82, 2.24) is 4.72 Å². The zero-order valence-corrected chi connectivity index (χ0v) is 14.9. The summed E-state index contributed by atoms with van der Waals surface area (Å²) in [6.07, 6.45) is 3.59. The average molecular weight is 345 g/mol. The Balaban J connectivity index is 2.17. The van der Waals surface area contributed by atoms with Crippen LogP contribution in [0.5, 0.6) is 0 Å². The number of hydrogen-bond donors (Lipinski definition) is 2. The Morgan fingerprint density at radius 2 is 2.09 bits per heavy atom. The lowest BCUT2D eigenvalue weighted by Gasteiger charge is -2.36. The van der Waals surface area contributed by atoms with Gasteiger partial charge in [0.2, 0.25) is 10.0 Å². The topological polar surface area (TPSA) is 101 Å². The van der Waals surface area contributed by atoms with Gasteiger partial charge in [0.05, 0.1) is 5.75 Å². The van der Waals surface area contributed by atoms with Gasteiger partial charge in [-0.25, -0.2) is 13.1 Å². The Hall–Kier alpha value is -0.950. The predicted octanol–water partition coefficient (Wildman–Crippen LogP) is 1.94. The fraction of sp³-hybridized carbons (Fsp3) is 0.875. The minimum Gasteiger partial charge on any atom is -0.480 e. The van der Waals surface area contributed by atoms with Crippen LogP contribution in [-0.4, -0.2) is 37.1 Å². The van der Waals surface area contributed by atoms with Crippen LogP contribution in [0.25, 0.3) is 0 Å². The average Bonchev–Trinajstić information content (AvgIpc) is 2.76. The van der Waals surface area contributed by atoms with Crippen LogP contribution in [0.1, 0.15) is 59.3 Å². The number of carboxylic acid groups (broad SMARTS) is 1. The summed E-state index contributed by atoms with van der Waals surface area (Å²) in [4.78, 5) is 23.7. The highest BCUT2D eigenvalue weighted by atomic mass is 32.2. The van der Waals surface area contributed by atoms with Crippen LogP contribution < -0.4 is 4.72 Å². The van der Waals surface area contributed by atoms with E-state index in [9.17, 15) is 23.1 Å². The third-order valence-corrected chi connectivity index (χ3v) is 7.56. The fourth-order valence-corrected chi connectivity index (χ4v) is 6.39. The second-order valence-corrected chi connectivity index (χ2v) is 9.33. The second kappa shape index (κ2) is 6.16. The maximum Gasteiger partial charge on any atom is 0.321 e. The van der Waals surface area contributed by atoms with Gasteiger partial charge in [-0.1, -0.05) is 33.6 Å². The smallest absolute Gasteiger partial charge is 0.321 e. The molecule has 0 amide bonds. The van der Waals surface area contributed by atoms with Crippen molar-refractivity contribution >= 4 is 21.8 Å². The number of carboxylic acids is 1. The van der Waals surface area contributed by atoms with Gasteiger partial charge in [0.15, 0.2) is 0 Å². The molecule has 6 nitrogen and oxygen atoms in total. The number of Topliss-reactive ketones (excluding diaryl/α,β-unsaturated/α-hetero) is 1. The van der Waals surface area contributed by atoms with Gasteiger partial charge in [0.25, 0.3) is 0 Å². The highest BCUT2D eigenvalue weighted by Gasteiger charge is 2.65. The first-order chi connectivity index (χ1) is 10.6. The SMILES string of the molecule is CCCC[C@H](NS(=O)(=O)CC12CCC(CC1=O)C2(C)C)C(=O)O. The van der Waals surface area contributed by atoms with Crippen LogP contribution in [-0.2, 0) is 19.6 Å². The molecule has 7 heteroatoms. The third kappa shape index (κ3) is 3.18. The van der Waals surface area contributed by atoms with Crippen molar-refractivity contribution in [3.63, 3.8) is 0 Å². The van der Waals surface area contributed by atoms with E-state index in [1.807, 2.05) is 20.8 Å². The molecule has 0 spiro atoms. The number of nitrogens with one attached hydrogen (secondary N) is 1. The molecule has 132 valence electrons. The number of ketones is 1. The van der Waals surface area contributed by atoms with Crippen LogP contribution in [0.15, 0.2) is 0 Å². The molecule has 2 rings (SSSR count). The molecular formula is C16H27NO5S. The highest BCUT2D eigenvalue weighted by molar-refractivity contribution is 7.89. The van der Waals surface area contributed by atoms with Crippen molar-refractivity contribution in [2.75, 3.05) is 5.75 Å². The van der Waals surface area contributed by atoms with Gasteiger partial charge >= 0.3 is 5.97 Å². The van der Waals surface area contributed by atoms with Crippen molar-refractivity contribution in [2.24, 2.45) is 16.7 Å². The molecule has 2 saturated carbocycles. The molecule has 0 radical (unpaired) electrons. The summed E-state index contributed by atoms with van der Waals surface area (Å²) in [6, 6.07) is -1.12. The Morgan fingerprint density at radius 1 is 1.43 bits per heavy atom.